The molecule has 2 saturated carbocycles. The first-order chi connectivity index (χ1) is 22.9. The van der Waals surface area contributed by atoms with E-state index in [4.69, 9.17) is 9.47 Å². The molecule has 8 nitrogen and oxygen atoms in total. The molecule has 2 aliphatic carbocycles. The lowest BCUT2D eigenvalue weighted by Gasteiger charge is -2.37. The molecule has 0 unspecified atom stereocenters. The Morgan fingerprint density at radius 1 is 0.700 bits per heavy atom. The van der Waals surface area contributed by atoms with Crippen molar-refractivity contribution in [3.8, 4) is 0 Å². The van der Waals surface area contributed by atoms with Gasteiger partial charge in [-0.15, -0.1) is 0 Å². The molecule has 0 radical (unpaired) electrons. The SMILES string of the molecule is CC.CC(C)[C@@H]1CC[C@@H](C)C[C@H]1OC(=O)[C@@H](NC(=O)C[NH3+])c1ccccc1.CC(C)[C@@H]1CC[C@@H](C)C[C@H]1OC(=O)[C@@H]([NH3+])c1ccccc1.[Cl-].[Cl-]. The molecule has 0 aromatic heterocycles. The second-order valence-corrected chi connectivity index (χ2v) is 14.2. The summed E-state index contributed by atoms with van der Waals surface area (Å²) in [6, 6.07) is 17.7. The van der Waals surface area contributed by atoms with Crippen LogP contribution in [0.25, 0.3) is 0 Å². The van der Waals surface area contributed by atoms with Crippen molar-refractivity contribution >= 4 is 17.8 Å². The third kappa shape index (κ3) is 14.9. The largest absolute Gasteiger partial charge is 1.00 e. The van der Waals surface area contributed by atoms with Gasteiger partial charge in [0.1, 0.15) is 12.2 Å². The van der Waals surface area contributed by atoms with Crippen LogP contribution in [0.5, 0.6) is 0 Å². The summed E-state index contributed by atoms with van der Waals surface area (Å²) in [6.07, 6.45) is 6.49. The highest BCUT2D eigenvalue weighted by atomic mass is 35.5. The van der Waals surface area contributed by atoms with Crippen LogP contribution in [0.3, 0.4) is 0 Å². The topological polar surface area (TPSA) is 137 Å². The van der Waals surface area contributed by atoms with Gasteiger partial charge in [-0.05, 0) is 66.8 Å². The molecule has 4 rings (SSSR count). The lowest BCUT2D eigenvalue weighted by Crippen LogP contribution is -3.00. The van der Waals surface area contributed by atoms with Crippen molar-refractivity contribution in [3.63, 3.8) is 0 Å². The molecule has 0 heterocycles. The molecule has 2 fully saturated rings. The van der Waals surface area contributed by atoms with Gasteiger partial charge in [0.2, 0.25) is 6.04 Å². The summed E-state index contributed by atoms with van der Waals surface area (Å²) in [5.74, 6) is 2.24. The Morgan fingerprint density at radius 3 is 1.50 bits per heavy atom. The maximum Gasteiger partial charge on any atom is 0.370 e. The van der Waals surface area contributed by atoms with Crippen molar-refractivity contribution in [2.45, 2.75) is 118 Å². The van der Waals surface area contributed by atoms with Crippen LogP contribution in [0.4, 0.5) is 0 Å². The highest BCUT2D eigenvalue weighted by Gasteiger charge is 2.37. The molecule has 10 heteroatoms. The van der Waals surface area contributed by atoms with Crippen LogP contribution in [-0.4, -0.2) is 36.6 Å². The van der Waals surface area contributed by atoms with E-state index in [-0.39, 0.29) is 61.4 Å². The normalized spacial score (nSPS) is 23.9. The minimum absolute atomic E-state index is 0. The van der Waals surface area contributed by atoms with Gasteiger partial charge in [0.25, 0.3) is 5.91 Å². The van der Waals surface area contributed by atoms with Crippen LogP contribution in [0.1, 0.15) is 117 Å². The number of quaternary nitrogens is 2. The summed E-state index contributed by atoms with van der Waals surface area (Å²) in [5.41, 5.74) is 9.24. The van der Waals surface area contributed by atoms with Crippen molar-refractivity contribution in [1.82, 2.24) is 5.32 Å². The van der Waals surface area contributed by atoms with Crippen molar-refractivity contribution in [1.29, 1.82) is 0 Å². The minimum Gasteiger partial charge on any atom is -1.00 e. The Balaban J connectivity index is 0.000000892. The first-order valence-corrected chi connectivity index (χ1v) is 18.3. The monoisotopic (exact) mass is 737 g/mol. The molecule has 0 aliphatic heterocycles. The van der Waals surface area contributed by atoms with Crippen LogP contribution in [0, 0.1) is 35.5 Å². The van der Waals surface area contributed by atoms with Crippen LogP contribution >= 0.6 is 0 Å². The lowest BCUT2D eigenvalue weighted by atomic mass is 9.75. The van der Waals surface area contributed by atoms with Crippen LogP contribution in [0.15, 0.2) is 60.7 Å². The summed E-state index contributed by atoms with van der Waals surface area (Å²) in [6.45, 7) is 17.3. The molecule has 1 amide bonds. The van der Waals surface area contributed by atoms with E-state index in [9.17, 15) is 14.4 Å². The molecule has 2 aliphatic rings. The summed E-state index contributed by atoms with van der Waals surface area (Å²) in [5, 5.41) is 2.75. The van der Waals surface area contributed by atoms with Gasteiger partial charge in [-0.25, -0.2) is 9.59 Å². The van der Waals surface area contributed by atoms with Crippen LogP contribution < -0.4 is 41.6 Å². The predicted octanol–water partition coefficient (Wildman–Crippen LogP) is 0.0976. The molecule has 7 N–H and O–H groups in total. The van der Waals surface area contributed by atoms with Gasteiger partial charge >= 0.3 is 11.9 Å². The van der Waals surface area contributed by atoms with Gasteiger partial charge in [0, 0.05) is 5.56 Å². The molecule has 0 spiro atoms. The van der Waals surface area contributed by atoms with E-state index < -0.39 is 12.1 Å². The predicted molar refractivity (Wildman–Crippen MR) is 191 cm³/mol. The molecule has 0 bridgehead atoms. The Bertz CT molecular complexity index is 1230. The summed E-state index contributed by atoms with van der Waals surface area (Å²) in [7, 11) is 0. The zero-order chi connectivity index (χ0) is 35.8. The third-order valence-electron chi connectivity index (χ3n) is 9.85. The molecule has 2 aromatic rings. The Labute approximate surface area is 314 Å². The molecule has 8 atom stereocenters. The van der Waals surface area contributed by atoms with Gasteiger partial charge in [-0.3, -0.25) is 4.79 Å². The average Bonchev–Trinajstić information content (AvgIpc) is 3.08. The number of carbonyl (C=O) groups excluding carboxylic acids is 3. The fourth-order valence-electron chi connectivity index (χ4n) is 6.93. The Morgan fingerprint density at radius 2 is 1.10 bits per heavy atom. The zero-order valence-electron chi connectivity index (χ0n) is 31.7. The highest BCUT2D eigenvalue weighted by Crippen LogP contribution is 2.37. The number of rotatable bonds is 10. The van der Waals surface area contributed by atoms with Crippen molar-refractivity contribution in [2.24, 2.45) is 35.5 Å². The van der Waals surface area contributed by atoms with E-state index in [1.807, 2.05) is 74.5 Å². The van der Waals surface area contributed by atoms with Crippen molar-refractivity contribution < 1.29 is 60.1 Å². The maximum absolute atomic E-state index is 12.9. The first-order valence-electron chi connectivity index (χ1n) is 18.3. The minimum atomic E-state index is -0.777. The van der Waals surface area contributed by atoms with Crippen LogP contribution in [0.2, 0.25) is 0 Å². The van der Waals surface area contributed by atoms with Gasteiger partial charge in [0.05, 0.1) is 0 Å². The first kappa shape index (κ1) is 47.4. The number of carbonyl (C=O) groups is 3. The van der Waals surface area contributed by atoms with E-state index in [2.05, 4.69) is 58.3 Å². The number of esters is 2. The second-order valence-electron chi connectivity index (χ2n) is 14.2. The zero-order valence-corrected chi connectivity index (χ0v) is 33.2. The fourth-order valence-corrected chi connectivity index (χ4v) is 6.93. The molecule has 2 aromatic carbocycles. The standard InChI is InChI=1S/C20H30N2O3.C18H27NO2.C2H6.2ClH/c1-13(2)16-10-9-14(3)11-17(16)25-20(24)19(22-18(23)12-21)15-7-5-4-6-8-15;1-12(2)15-10-9-13(3)11-16(15)21-18(20)17(19)14-7-5-4-6-8-14;1-2;;/h4-8,13-14,16-17,19H,9-12,21H2,1-3H3,(H,22,23);4-8,12-13,15-17H,9-11,19H2,1-3H3;1-2H3;2*1H/t14-,16+,17-,19+;13-,15+,16-,17+;;;/m11.../s1. The van der Waals surface area contributed by atoms with Crippen molar-refractivity contribution in [3.05, 3.63) is 71.8 Å². The highest BCUT2D eigenvalue weighted by molar-refractivity contribution is 5.86. The van der Waals surface area contributed by atoms with Gasteiger partial charge in [0.15, 0.2) is 12.6 Å². The number of amides is 1. The number of hydrogen-bond acceptors (Lipinski definition) is 5. The maximum atomic E-state index is 12.9. The van der Waals surface area contributed by atoms with Crippen molar-refractivity contribution in [2.75, 3.05) is 6.54 Å². The molecular weight excluding hydrogens is 673 g/mol. The molecule has 50 heavy (non-hydrogen) atoms. The van der Waals surface area contributed by atoms with E-state index in [1.165, 1.54) is 12.8 Å². The van der Waals surface area contributed by atoms with Crippen LogP contribution in [-0.2, 0) is 23.9 Å². The molecular formula is C40H65Cl2N3O5. The van der Waals surface area contributed by atoms with Gasteiger partial charge < -0.3 is 51.1 Å². The number of ether oxygens (including phenoxy) is 2. The Kier molecular flexibility index (Phi) is 23.2. The molecule has 284 valence electrons. The smallest absolute Gasteiger partial charge is 0.370 e. The van der Waals surface area contributed by atoms with Gasteiger partial charge in [-0.2, -0.15) is 0 Å². The summed E-state index contributed by atoms with van der Waals surface area (Å²) in [4.78, 5) is 37.1. The fraction of sp³-hybridized carbons (Fsp3) is 0.625. The van der Waals surface area contributed by atoms with E-state index in [0.29, 0.717) is 35.5 Å². The summed E-state index contributed by atoms with van der Waals surface area (Å²) < 4.78 is 11.8. The number of nitrogens with one attached hydrogen (secondary N) is 1. The average molecular weight is 739 g/mol. The van der Waals surface area contributed by atoms with Gasteiger partial charge in [-0.1, -0.05) is 129 Å². The number of benzene rings is 2. The quantitative estimate of drug-likeness (QED) is 0.298. The van der Waals surface area contributed by atoms with E-state index in [1.54, 1.807) is 0 Å². The lowest BCUT2D eigenvalue weighted by molar-refractivity contribution is -0.415. The Hall–Kier alpha value is -2.65. The number of halogens is 2. The summed E-state index contributed by atoms with van der Waals surface area (Å²) >= 11 is 0. The number of hydrogen-bond donors (Lipinski definition) is 3. The van der Waals surface area contributed by atoms with E-state index >= 15 is 0 Å². The second kappa shape index (κ2) is 24.5. The van der Waals surface area contributed by atoms with E-state index in [0.717, 1.165) is 36.8 Å². The third-order valence-corrected chi connectivity index (χ3v) is 9.85. The molecule has 0 saturated heterocycles.